The first-order chi connectivity index (χ1) is 11.4. The minimum atomic E-state index is -0.0729. The van der Waals surface area contributed by atoms with Crippen LogP contribution in [0.3, 0.4) is 0 Å². The second-order valence-corrected chi connectivity index (χ2v) is 6.27. The lowest BCUT2D eigenvalue weighted by Gasteiger charge is -2.22. The summed E-state index contributed by atoms with van der Waals surface area (Å²) in [6, 6.07) is 0. The van der Waals surface area contributed by atoms with Crippen molar-refractivity contribution < 1.29 is 28.4 Å². The van der Waals surface area contributed by atoms with Crippen molar-refractivity contribution in [3.8, 4) is 0 Å². The van der Waals surface area contributed by atoms with E-state index < -0.39 is 0 Å². The van der Waals surface area contributed by atoms with E-state index in [0.29, 0.717) is 26.4 Å². The summed E-state index contributed by atoms with van der Waals surface area (Å²) in [4.78, 5) is 0. The summed E-state index contributed by atoms with van der Waals surface area (Å²) in [5.41, 5.74) is 0. The van der Waals surface area contributed by atoms with Crippen LogP contribution in [-0.2, 0) is 28.4 Å². The molecule has 0 spiro atoms. The second-order valence-electron chi connectivity index (χ2n) is 6.27. The van der Waals surface area contributed by atoms with Crippen LogP contribution in [0.2, 0.25) is 0 Å². The highest BCUT2D eigenvalue weighted by atomic mass is 16.7. The van der Waals surface area contributed by atoms with Gasteiger partial charge in [-0.15, -0.1) is 0 Å². The Labute approximate surface area is 139 Å². The Morgan fingerprint density at radius 1 is 1.04 bits per heavy atom. The van der Waals surface area contributed by atoms with E-state index in [1.54, 1.807) is 7.11 Å². The van der Waals surface area contributed by atoms with E-state index in [4.69, 9.17) is 28.4 Å². The number of hydrogen-bond acceptors (Lipinski definition) is 6. The highest BCUT2D eigenvalue weighted by molar-refractivity contribution is 4.72. The third kappa shape index (κ3) is 9.59. The quantitative estimate of drug-likeness (QED) is 0.359. The van der Waals surface area contributed by atoms with Gasteiger partial charge in [0.15, 0.2) is 6.29 Å². The highest BCUT2D eigenvalue weighted by Crippen LogP contribution is 2.28. The van der Waals surface area contributed by atoms with Gasteiger partial charge in [0.05, 0.1) is 19.8 Å². The molecule has 136 valence electrons. The summed E-state index contributed by atoms with van der Waals surface area (Å²) in [5.74, 6) is 0.762. The molecule has 1 aliphatic heterocycles. The second kappa shape index (κ2) is 12.2. The van der Waals surface area contributed by atoms with E-state index in [1.165, 1.54) is 19.3 Å². The maximum Gasteiger partial charge on any atom is 0.157 e. The van der Waals surface area contributed by atoms with Crippen molar-refractivity contribution in [3.05, 3.63) is 0 Å². The highest BCUT2D eigenvalue weighted by Gasteiger charge is 2.22. The third-order valence-corrected chi connectivity index (χ3v) is 3.95. The smallest absolute Gasteiger partial charge is 0.157 e. The average molecular weight is 332 g/mol. The maximum atomic E-state index is 5.67. The van der Waals surface area contributed by atoms with E-state index in [9.17, 15) is 0 Å². The van der Waals surface area contributed by atoms with Crippen LogP contribution in [0.1, 0.15) is 38.5 Å². The fourth-order valence-corrected chi connectivity index (χ4v) is 2.39. The molecule has 1 aliphatic carbocycles. The Kier molecular flexibility index (Phi) is 10.1. The monoisotopic (exact) mass is 332 g/mol. The third-order valence-electron chi connectivity index (χ3n) is 3.95. The molecular weight excluding hydrogens is 300 g/mol. The number of hydrogen-bond donors (Lipinski definition) is 0. The summed E-state index contributed by atoms with van der Waals surface area (Å²) in [7, 11) is 1.62. The lowest BCUT2D eigenvalue weighted by atomic mass is 10.2. The van der Waals surface area contributed by atoms with Gasteiger partial charge in [0.1, 0.15) is 12.9 Å². The van der Waals surface area contributed by atoms with Crippen LogP contribution in [0, 0.1) is 5.92 Å². The minimum absolute atomic E-state index is 0.0163. The lowest BCUT2D eigenvalue weighted by Crippen LogP contribution is -2.27. The summed E-state index contributed by atoms with van der Waals surface area (Å²) in [6.07, 6.45) is 6.71. The van der Waals surface area contributed by atoms with Crippen molar-refractivity contribution >= 4 is 0 Å². The van der Waals surface area contributed by atoms with Gasteiger partial charge >= 0.3 is 0 Å². The summed E-state index contributed by atoms with van der Waals surface area (Å²) < 4.78 is 33.1. The van der Waals surface area contributed by atoms with E-state index in [1.807, 2.05) is 0 Å². The Balaban J connectivity index is 1.44. The molecule has 1 heterocycles. The molecule has 6 nitrogen and oxygen atoms in total. The molecule has 0 N–H and O–H groups in total. The largest absolute Gasteiger partial charge is 0.379 e. The van der Waals surface area contributed by atoms with Crippen molar-refractivity contribution in [2.75, 3.05) is 53.5 Å². The van der Waals surface area contributed by atoms with Gasteiger partial charge in [-0.05, 0) is 44.4 Å². The maximum absolute atomic E-state index is 5.67. The molecule has 0 aromatic heterocycles. The lowest BCUT2D eigenvalue weighted by molar-refractivity contribution is -0.165. The van der Waals surface area contributed by atoms with Crippen molar-refractivity contribution in [2.45, 2.75) is 50.9 Å². The van der Waals surface area contributed by atoms with Gasteiger partial charge in [0.2, 0.25) is 0 Å². The molecular formula is C17H32O6. The average Bonchev–Trinajstić information content (AvgIpc) is 3.40. The van der Waals surface area contributed by atoms with Crippen LogP contribution < -0.4 is 0 Å². The van der Waals surface area contributed by atoms with Gasteiger partial charge in [-0.25, -0.2) is 0 Å². The van der Waals surface area contributed by atoms with Crippen molar-refractivity contribution in [2.24, 2.45) is 5.92 Å². The van der Waals surface area contributed by atoms with E-state index in [2.05, 4.69) is 0 Å². The Bertz CT molecular complexity index is 278. The molecule has 0 bridgehead atoms. The van der Waals surface area contributed by atoms with Crippen molar-refractivity contribution in [1.29, 1.82) is 0 Å². The van der Waals surface area contributed by atoms with Crippen LogP contribution in [0.25, 0.3) is 0 Å². The fraction of sp³-hybridized carbons (Fsp3) is 1.00. The molecule has 0 radical (unpaired) electrons. The molecule has 0 amide bonds. The first-order valence-electron chi connectivity index (χ1n) is 8.87. The molecule has 0 aromatic carbocycles. The minimum Gasteiger partial charge on any atom is -0.379 e. The Morgan fingerprint density at radius 2 is 1.91 bits per heavy atom. The topological polar surface area (TPSA) is 55.4 Å². The SMILES string of the molecule is COCOC(COCCCOC1CCCCO1)COCC1CC1. The first kappa shape index (κ1) is 19.1. The fourth-order valence-electron chi connectivity index (χ4n) is 2.39. The van der Waals surface area contributed by atoms with E-state index in [-0.39, 0.29) is 19.2 Å². The van der Waals surface area contributed by atoms with Gasteiger partial charge in [-0.1, -0.05) is 0 Å². The molecule has 6 heteroatoms. The molecule has 2 unspecified atom stereocenters. The predicted molar refractivity (Wildman–Crippen MR) is 85.3 cm³/mol. The predicted octanol–water partition coefficient (Wildman–Crippen LogP) is 2.35. The van der Waals surface area contributed by atoms with Crippen molar-refractivity contribution in [1.82, 2.24) is 0 Å². The van der Waals surface area contributed by atoms with Crippen LogP contribution in [0.15, 0.2) is 0 Å². The standard InChI is InChI=1S/C17H32O6/c1-18-14-23-16(13-20-11-15-6-7-15)12-19-8-4-10-22-17-5-2-3-9-21-17/h15-17H,2-14H2,1H3. The number of methoxy groups -OCH3 is 1. The zero-order chi connectivity index (χ0) is 16.2. The first-order valence-corrected chi connectivity index (χ1v) is 8.87. The van der Waals surface area contributed by atoms with Crippen LogP contribution in [0.4, 0.5) is 0 Å². The summed E-state index contributed by atoms with van der Waals surface area (Å²) >= 11 is 0. The summed E-state index contributed by atoms with van der Waals surface area (Å²) in [6.45, 7) is 4.33. The Morgan fingerprint density at radius 3 is 2.65 bits per heavy atom. The van der Waals surface area contributed by atoms with E-state index >= 15 is 0 Å². The van der Waals surface area contributed by atoms with Crippen molar-refractivity contribution in [3.63, 3.8) is 0 Å². The van der Waals surface area contributed by atoms with Gasteiger partial charge in [-0.3, -0.25) is 0 Å². The molecule has 2 aliphatic rings. The van der Waals surface area contributed by atoms with Gasteiger partial charge in [0, 0.05) is 26.9 Å². The van der Waals surface area contributed by atoms with Crippen LogP contribution >= 0.6 is 0 Å². The number of rotatable bonds is 14. The molecule has 1 saturated heterocycles. The molecule has 1 saturated carbocycles. The van der Waals surface area contributed by atoms with Crippen LogP contribution in [-0.4, -0.2) is 65.9 Å². The zero-order valence-corrected chi connectivity index (χ0v) is 14.4. The zero-order valence-electron chi connectivity index (χ0n) is 14.4. The normalized spacial score (nSPS) is 23.1. The molecule has 2 rings (SSSR count). The van der Waals surface area contributed by atoms with Crippen LogP contribution in [0.5, 0.6) is 0 Å². The molecule has 0 aromatic rings. The van der Waals surface area contributed by atoms with Gasteiger partial charge in [-0.2, -0.15) is 0 Å². The van der Waals surface area contributed by atoms with Gasteiger partial charge < -0.3 is 28.4 Å². The van der Waals surface area contributed by atoms with E-state index in [0.717, 1.165) is 38.4 Å². The summed E-state index contributed by atoms with van der Waals surface area (Å²) in [5, 5.41) is 0. The number of ether oxygens (including phenoxy) is 6. The molecule has 23 heavy (non-hydrogen) atoms. The Hall–Kier alpha value is -0.240. The van der Waals surface area contributed by atoms with Gasteiger partial charge in [0.25, 0.3) is 0 Å². The molecule has 2 fully saturated rings. The molecule has 2 atom stereocenters.